The van der Waals surface area contributed by atoms with Crippen LogP contribution in [0.3, 0.4) is 0 Å². The second kappa shape index (κ2) is 5.90. The third-order valence-electron chi connectivity index (χ3n) is 6.91. The predicted molar refractivity (Wildman–Crippen MR) is 89.8 cm³/mol. The largest absolute Gasteiger partial charge is 0.465 e. The minimum absolute atomic E-state index is 0.290. The van der Waals surface area contributed by atoms with Gasteiger partial charge in [-0.25, -0.2) is 4.79 Å². The zero-order chi connectivity index (χ0) is 16.9. The summed E-state index contributed by atoms with van der Waals surface area (Å²) in [6.45, 7) is 5.84. The lowest BCUT2D eigenvalue weighted by Gasteiger charge is -2.61. The topological polar surface area (TPSA) is 64.1 Å². The molecule has 24 heavy (non-hydrogen) atoms. The Morgan fingerprint density at radius 2 is 1.83 bits per heavy atom. The van der Waals surface area contributed by atoms with Gasteiger partial charge in [-0.3, -0.25) is 4.79 Å². The first-order chi connectivity index (χ1) is 11.5. The van der Waals surface area contributed by atoms with E-state index in [-0.39, 0.29) is 5.41 Å². The molecule has 1 aliphatic carbocycles. The fourth-order valence-corrected chi connectivity index (χ4v) is 5.55. The first-order valence-electron chi connectivity index (χ1n) is 9.54. The Hall–Kier alpha value is -1.30. The third kappa shape index (κ3) is 2.59. The smallest absolute Gasteiger partial charge is 0.407 e. The van der Waals surface area contributed by atoms with Gasteiger partial charge in [0, 0.05) is 56.1 Å². The van der Waals surface area contributed by atoms with Gasteiger partial charge in [0.2, 0.25) is 5.91 Å². The maximum Gasteiger partial charge on any atom is 0.407 e. The average molecular weight is 335 g/mol. The molecule has 1 N–H and O–H groups in total. The molecular weight excluding hydrogens is 306 g/mol. The van der Waals surface area contributed by atoms with Crippen molar-refractivity contribution in [3.05, 3.63) is 0 Å². The molecule has 3 aliphatic heterocycles. The second-order valence-electron chi connectivity index (χ2n) is 8.37. The highest BCUT2D eigenvalue weighted by Crippen LogP contribution is 2.50. The van der Waals surface area contributed by atoms with E-state index in [0.717, 1.165) is 71.1 Å². The van der Waals surface area contributed by atoms with E-state index in [4.69, 9.17) is 5.11 Å². The van der Waals surface area contributed by atoms with Crippen LogP contribution in [0, 0.1) is 5.41 Å². The molecule has 0 aromatic carbocycles. The molecule has 0 aromatic heterocycles. The van der Waals surface area contributed by atoms with Crippen molar-refractivity contribution in [2.24, 2.45) is 5.41 Å². The second-order valence-corrected chi connectivity index (χ2v) is 8.37. The average Bonchev–Trinajstić information content (AvgIpc) is 2.86. The number of hydrogen-bond donors (Lipinski definition) is 1. The van der Waals surface area contributed by atoms with Crippen LogP contribution in [0.2, 0.25) is 0 Å². The van der Waals surface area contributed by atoms with Gasteiger partial charge < -0.3 is 19.8 Å². The van der Waals surface area contributed by atoms with Gasteiger partial charge in [0.1, 0.15) is 0 Å². The van der Waals surface area contributed by atoms with E-state index in [0.29, 0.717) is 24.0 Å². The van der Waals surface area contributed by atoms with Gasteiger partial charge in [-0.2, -0.15) is 0 Å². The van der Waals surface area contributed by atoms with Crippen LogP contribution in [-0.4, -0.2) is 76.1 Å². The van der Waals surface area contributed by atoms with Crippen molar-refractivity contribution in [1.82, 2.24) is 14.7 Å². The molecule has 0 unspecified atom stereocenters. The number of amides is 2. The molecule has 6 nitrogen and oxygen atoms in total. The van der Waals surface area contributed by atoms with Crippen molar-refractivity contribution in [3.63, 3.8) is 0 Å². The maximum absolute atomic E-state index is 12.2. The summed E-state index contributed by atoms with van der Waals surface area (Å²) >= 11 is 0. The predicted octanol–water partition coefficient (Wildman–Crippen LogP) is 1.99. The van der Waals surface area contributed by atoms with Crippen LogP contribution in [-0.2, 0) is 4.79 Å². The van der Waals surface area contributed by atoms with Crippen molar-refractivity contribution in [3.8, 4) is 0 Å². The highest BCUT2D eigenvalue weighted by molar-refractivity contribution is 5.79. The van der Waals surface area contributed by atoms with E-state index in [1.165, 1.54) is 4.90 Å². The Bertz CT molecular complexity index is 516. The number of rotatable bonds is 3. The third-order valence-corrected chi connectivity index (χ3v) is 6.91. The summed E-state index contributed by atoms with van der Waals surface area (Å²) in [5, 5.41) is 8.98. The van der Waals surface area contributed by atoms with Gasteiger partial charge in [-0.1, -0.05) is 6.92 Å². The van der Waals surface area contributed by atoms with Crippen molar-refractivity contribution in [2.45, 2.75) is 70.0 Å². The van der Waals surface area contributed by atoms with Crippen LogP contribution in [0.1, 0.15) is 51.9 Å². The lowest BCUT2D eigenvalue weighted by molar-refractivity contribution is -0.133. The summed E-state index contributed by atoms with van der Waals surface area (Å²) in [7, 11) is 0. The molecule has 3 saturated heterocycles. The summed E-state index contributed by atoms with van der Waals surface area (Å²) in [5.74, 6) is 0.367. The standard InChI is InChI=1S/C18H29N3O3/c1-2-13-3-4-16(22)21(13)14-5-7-19(8-6-14)15-9-18(10-15)11-20(12-18)17(23)24/h13-15H,2-12H2,1H3,(H,23,24)/t13-/m1/s1. The lowest BCUT2D eigenvalue weighted by Crippen LogP contribution is -2.68. The Labute approximate surface area is 143 Å². The molecule has 3 heterocycles. The van der Waals surface area contributed by atoms with Crippen LogP contribution in [0.5, 0.6) is 0 Å². The van der Waals surface area contributed by atoms with Gasteiger partial charge in [-0.05, 0) is 38.5 Å². The van der Waals surface area contributed by atoms with Crippen LogP contribution in [0.25, 0.3) is 0 Å². The fourth-order valence-electron chi connectivity index (χ4n) is 5.55. The Morgan fingerprint density at radius 3 is 2.42 bits per heavy atom. The van der Waals surface area contributed by atoms with Crippen molar-refractivity contribution in [1.29, 1.82) is 0 Å². The van der Waals surface area contributed by atoms with Gasteiger partial charge in [0.05, 0.1) is 0 Å². The number of piperidine rings is 1. The molecule has 0 bridgehead atoms. The fraction of sp³-hybridized carbons (Fsp3) is 0.889. The quantitative estimate of drug-likeness (QED) is 0.857. The van der Waals surface area contributed by atoms with Crippen molar-refractivity contribution >= 4 is 12.0 Å². The summed E-state index contributed by atoms with van der Waals surface area (Å²) in [4.78, 5) is 29.4. The zero-order valence-electron chi connectivity index (χ0n) is 14.6. The molecule has 1 spiro atoms. The molecule has 0 radical (unpaired) electrons. The summed E-state index contributed by atoms with van der Waals surface area (Å²) in [5.41, 5.74) is 0.290. The number of carbonyl (C=O) groups excluding carboxylic acids is 1. The first kappa shape index (κ1) is 16.2. The SMILES string of the molecule is CC[C@@H]1CCC(=O)N1C1CCN(C2CC3(C2)CN(C(=O)O)C3)CC1. The molecule has 4 rings (SSSR count). The highest BCUT2D eigenvalue weighted by Gasteiger charge is 2.55. The Balaban J connectivity index is 1.25. The van der Waals surface area contributed by atoms with Crippen molar-refractivity contribution < 1.29 is 14.7 Å². The van der Waals surface area contributed by atoms with Gasteiger partial charge in [-0.15, -0.1) is 0 Å². The first-order valence-corrected chi connectivity index (χ1v) is 9.54. The molecule has 1 saturated carbocycles. The maximum atomic E-state index is 12.2. The molecule has 2 amide bonds. The summed E-state index contributed by atoms with van der Waals surface area (Å²) < 4.78 is 0. The van der Waals surface area contributed by atoms with Crippen LogP contribution in [0.4, 0.5) is 4.79 Å². The van der Waals surface area contributed by atoms with Crippen LogP contribution >= 0.6 is 0 Å². The molecule has 0 aromatic rings. The Kier molecular flexibility index (Phi) is 3.98. The monoisotopic (exact) mass is 335 g/mol. The van der Waals surface area contributed by atoms with E-state index < -0.39 is 6.09 Å². The minimum atomic E-state index is -0.773. The zero-order valence-corrected chi connectivity index (χ0v) is 14.6. The van der Waals surface area contributed by atoms with E-state index in [1.54, 1.807) is 0 Å². The van der Waals surface area contributed by atoms with E-state index in [2.05, 4.69) is 16.7 Å². The number of nitrogens with zero attached hydrogens (tertiary/aromatic N) is 3. The molecule has 4 fully saturated rings. The Morgan fingerprint density at radius 1 is 1.17 bits per heavy atom. The van der Waals surface area contributed by atoms with Gasteiger partial charge in [0.25, 0.3) is 0 Å². The molecule has 4 aliphatic rings. The highest BCUT2D eigenvalue weighted by atomic mass is 16.4. The number of likely N-dealkylation sites (tertiary alicyclic amines) is 3. The summed E-state index contributed by atoms with van der Waals surface area (Å²) in [6.07, 6.45) is 6.61. The number of carbonyl (C=O) groups is 2. The van der Waals surface area contributed by atoms with Gasteiger partial charge >= 0.3 is 6.09 Å². The normalized spacial score (nSPS) is 31.4. The van der Waals surface area contributed by atoms with Crippen LogP contribution < -0.4 is 0 Å². The molecule has 1 atom stereocenters. The molecule has 134 valence electrons. The van der Waals surface area contributed by atoms with E-state index in [9.17, 15) is 9.59 Å². The van der Waals surface area contributed by atoms with Crippen molar-refractivity contribution in [2.75, 3.05) is 26.2 Å². The van der Waals surface area contributed by atoms with E-state index >= 15 is 0 Å². The molecule has 6 heteroatoms. The number of hydrogen-bond acceptors (Lipinski definition) is 3. The van der Waals surface area contributed by atoms with E-state index in [1.807, 2.05) is 0 Å². The van der Waals surface area contributed by atoms with Gasteiger partial charge in [0.15, 0.2) is 0 Å². The molecular formula is C18H29N3O3. The minimum Gasteiger partial charge on any atom is -0.465 e. The lowest BCUT2D eigenvalue weighted by atomic mass is 9.60. The summed E-state index contributed by atoms with van der Waals surface area (Å²) in [6, 6.07) is 1.55. The van der Waals surface area contributed by atoms with Crippen LogP contribution in [0.15, 0.2) is 0 Å². The number of carboxylic acid groups (broad SMARTS) is 1.